The van der Waals surface area contributed by atoms with Crippen LogP contribution in [0.3, 0.4) is 0 Å². The third-order valence-electron chi connectivity index (χ3n) is 2.71. The van der Waals surface area contributed by atoms with E-state index >= 15 is 0 Å². The molecule has 0 spiro atoms. The highest BCUT2D eigenvalue weighted by molar-refractivity contribution is 7.91. The van der Waals surface area contributed by atoms with Crippen molar-refractivity contribution in [2.24, 2.45) is 10.9 Å². The molecule has 0 aromatic carbocycles. The summed E-state index contributed by atoms with van der Waals surface area (Å²) in [5.74, 6) is 1.32. The van der Waals surface area contributed by atoms with Crippen molar-refractivity contribution >= 4 is 27.3 Å². The van der Waals surface area contributed by atoms with Gasteiger partial charge in [0.2, 0.25) is 10.0 Å². The average Bonchev–Trinajstić information content (AvgIpc) is 2.96. The van der Waals surface area contributed by atoms with Gasteiger partial charge in [-0.2, -0.15) is 0 Å². The van der Waals surface area contributed by atoms with E-state index in [1.807, 2.05) is 0 Å². The molecule has 0 amide bonds. The molecule has 0 fully saturated rings. The van der Waals surface area contributed by atoms with E-state index in [0.717, 1.165) is 13.0 Å². The van der Waals surface area contributed by atoms with Gasteiger partial charge < -0.3 is 10.6 Å². The first-order chi connectivity index (χ1) is 9.95. The van der Waals surface area contributed by atoms with Crippen molar-refractivity contribution < 1.29 is 8.42 Å². The van der Waals surface area contributed by atoms with Crippen molar-refractivity contribution in [3.8, 4) is 0 Å². The summed E-state index contributed by atoms with van der Waals surface area (Å²) < 4.78 is 26.6. The topological polar surface area (TPSA) is 82.6 Å². The predicted octanol–water partition coefficient (Wildman–Crippen LogP) is 1.24. The third kappa shape index (κ3) is 6.92. The Balaban J connectivity index is 2.26. The Labute approximate surface area is 131 Å². The second-order valence-electron chi connectivity index (χ2n) is 4.94. The first kappa shape index (κ1) is 17.9. The molecule has 0 aliphatic rings. The number of hydrogen-bond donors (Lipinski definition) is 3. The van der Waals surface area contributed by atoms with Crippen LogP contribution in [0, 0.1) is 5.92 Å². The fourth-order valence-electron chi connectivity index (χ4n) is 1.55. The van der Waals surface area contributed by atoms with Gasteiger partial charge in [-0.25, -0.2) is 13.1 Å². The van der Waals surface area contributed by atoms with Crippen molar-refractivity contribution in [2.45, 2.75) is 24.5 Å². The molecule has 1 aromatic heterocycles. The number of thiophene rings is 1. The fourth-order valence-corrected chi connectivity index (χ4v) is 3.62. The molecule has 0 aliphatic carbocycles. The first-order valence-electron chi connectivity index (χ1n) is 6.93. The number of nitrogens with zero attached hydrogens (tertiary/aromatic N) is 1. The molecular weight excluding hydrogens is 308 g/mol. The minimum Gasteiger partial charge on any atom is -0.356 e. The number of guanidine groups is 1. The second-order valence-corrected chi connectivity index (χ2v) is 7.88. The Morgan fingerprint density at radius 3 is 2.57 bits per heavy atom. The zero-order valence-electron chi connectivity index (χ0n) is 12.7. The van der Waals surface area contributed by atoms with Crippen molar-refractivity contribution in [3.63, 3.8) is 0 Å². The summed E-state index contributed by atoms with van der Waals surface area (Å²) in [6, 6.07) is 3.31. The smallest absolute Gasteiger partial charge is 0.250 e. The summed E-state index contributed by atoms with van der Waals surface area (Å²) >= 11 is 1.21. The Kier molecular flexibility index (Phi) is 7.69. The minimum absolute atomic E-state index is 0.311. The summed E-state index contributed by atoms with van der Waals surface area (Å²) in [6.07, 6.45) is 1.06. The zero-order valence-corrected chi connectivity index (χ0v) is 14.4. The lowest BCUT2D eigenvalue weighted by Gasteiger charge is -2.13. The van der Waals surface area contributed by atoms with Gasteiger partial charge in [0.05, 0.1) is 0 Å². The lowest BCUT2D eigenvalue weighted by molar-refractivity contribution is 0.571. The molecule has 120 valence electrons. The number of hydrogen-bond acceptors (Lipinski definition) is 4. The highest BCUT2D eigenvalue weighted by atomic mass is 32.2. The Morgan fingerprint density at radius 2 is 2.00 bits per heavy atom. The maximum atomic E-state index is 11.9. The van der Waals surface area contributed by atoms with Gasteiger partial charge >= 0.3 is 0 Å². The maximum absolute atomic E-state index is 11.9. The maximum Gasteiger partial charge on any atom is 0.250 e. The quantitative estimate of drug-likeness (QED) is 0.380. The van der Waals surface area contributed by atoms with E-state index in [1.54, 1.807) is 24.6 Å². The summed E-state index contributed by atoms with van der Waals surface area (Å²) in [5.41, 5.74) is 0. The highest BCUT2D eigenvalue weighted by Gasteiger charge is 2.13. The molecule has 0 bridgehead atoms. The summed E-state index contributed by atoms with van der Waals surface area (Å²) in [6.45, 7) is 5.96. The fraction of sp³-hybridized carbons (Fsp3) is 0.615. The molecule has 0 saturated heterocycles. The van der Waals surface area contributed by atoms with Crippen LogP contribution in [0.1, 0.15) is 20.3 Å². The van der Waals surface area contributed by atoms with E-state index in [4.69, 9.17) is 0 Å². The van der Waals surface area contributed by atoms with Gasteiger partial charge in [0.1, 0.15) is 4.21 Å². The number of aliphatic imine (C=N–C) groups is 1. The van der Waals surface area contributed by atoms with E-state index in [9.17, 15) is 8.42 Å². The molecule has 3 N–H and O–H groups in total. The number of rotatable bonds is 8. The second kappa shape index (κ2) is 9.01. The van der Waals surface area contributed by atoms with E-state index in [1.165, 1.54) is 11.3 Å². The van der Waals surface area contributed by atoms with Crippen LogP contribution in [0.4, 0.5) is 0 Å². The van der Waals surface area contributed by atoms with Crippen molar-refractivity contribution in [2.75, 3.05) is 26.7 Å². The zero-order chi connectivity index (χ0) is 15.7. The van der Waals surface area contributed by atoms with Crippen molar-refractivity contribution in [3.05, 3.63) is 17.5 Å². The van der Waals surface area contributed by atoms with Gasteiger partial charge in [0.25, 0.3) is 0 Å². The van der Waals surface area contributed by atoms with Crippen LogP contribution >= 0.6 is 11.3 Å². The molecular formula is C13H24N4O2S2. The molecule has 0 unspecified atom stereocenters. The lowest BCUT2D eigenvalue weighted by Crippen LogP contribution is -2.41. The van der Waals surface area contributed by atoms with Crippen LogP contribution in [-0.4, -0.2) is 41.1 Å². The van der Waals surface area contributed by atoms with Crippen LogP contribution in [0.5, 0.6) is 0 Å². The summed E-state index contributed by atoms with van der Waals surface area (Å²) in [4.78, 5) is 4.09. The largest absolute Gasteiger partial charge is 0.356 e. The molecule has 1 aromatic rings. The van der Waals surface area contributed by atoms with Gasteiger partial charge in [-0.05, 0) is 23.8 Å². The van der Waals surface area contributed by atoms with Gasteiger partial charge in [0, 0.05) is 26.7 Å². The molecule has 0 saturated carbocycles. The van der Waals surface area contributed by atoms with Crippen LogP contribution in [0.2, 0.25) is 0 Å². The molecule has 8 heteroatoms. The average molecular weight is 332 g/mol. The minimum atomic E-state index is -3.38. The van der Waals surface area contributed by atoms with Crippen LogP contribution in [0.15, 0.2) is 26.7 Å². The Bertz CT molecular complexity index is 524. The van der Waals surface area contributed by atoms with E-state index < -0.39 is 10.0 Å². The SMILES string of the molecule is CN=C(NCCNS(=O)(=O)c1cccs1)NCCC(C)C. The van der Waals surface area contributed by atoms with Crippen molar-refractivity contribution in [1.29, 1.82) is 0 Å². The lowest BCUT2D eigenvalue weighted by atomic mass is 10.1. The molecule has 1 heterocycles. The number of nitrogens with one attached hydrogen (secondary N) is 3. The molecule has 0 aliphatic heterocycles. The molecule has 6 nitrogen and oxygen atoms in total. The van der Waals surface area contributed by atoms with Crippen LogP contribution in [-0.2, 0) is 10.0 Å². The molecule has 0 atom stereocenters. The monoisotopic (exact) mass is 332 g/mol. The third-order valence-corrected chi connectivity index (χ3v) is 5.57. The van der Waals surface area contributed by atoms with E-state index in [0.29, 0.717) is 29.2 Å². The number of sulfonamides is 1. The van der Waals surface area contributed by atoms with Gasteiger partial charge in [-0.3, -0.25) is 4.99 Å². The van der Waals surface area contributed by atoms with Gasteiger partial charge in [-0.1, -0.05) is 19.9 Å². The highest BCUT2D eigenvalue weighted by Crippen LogP contribution is 2.14. The summed E-state index contributed by atoms with van der Waals surface area (Å²) in [7, 11) is -1.69. The van der Waals surface area contributed by atoms with Gasteiger partial charge in [0.15, 0.2) is 5.96 Å². The molecule has 21 heavy (non-hydrogen) atoms. The first-order valence-corrected chi connectivity index (χ1v) is 9.29. The normalized spacial score (nSPS) is 12.7. The van der Waals surface area contributed by atoms with E-state index in [-0.39, 0.29) is 0 Å². The Morgan fingerprint density at radius 1 is 1.29 bits per heavy atom. The summed E-state index contributed by atoms with van der Waals surface area (Å²) in [5, 5.41) is 8.01. The van der Waals surface area contributed by atoms with E-state index in [2.05, 4.69) is 34.2 Å². The van der Waals surface area contributed by atoms with Gasteiger partial charge in [-0.15, -0.1) is 11.3 Å². The molecule has 1 rings (SSSR count). The Hall–Kier alpha value is -1.12. The predicted molar refractivity (Wildman–Crippen MR) is 88.3 cm³/mol. The van der Waals surface area contributed by atoms with Crippen LogP contribution < -0.4 is 15.4 Å². The van der Waals surface area contributed by atoms with Crippen LogP contribution in [0.25, 0.3) is 0 Å². The van der Waals surface area contributed by atoms with Crippen molar-refractivity contribution in [1.82, 2.24) is 15.4 Å². The standard InChI is InChI=1S/C13H24N4O2S2/c1-11(2)6-7-15-13(14-3)16-8-9-17-21(18,19)12-5-4-10-20-12/h4-5,10-11,17H,6-9H2,1-3H3,(H2,14,15,16). The molecule has 0 radical (unpaired) electrons.